The van der Waals surface area contributed by atoms with Gasteiger partial charge in [0.05, 0.1) is 11.5 Å². The summed E-state index contributed by atoms with van der Waals surface area (Å²) >= 11 is 1.58. The molecule has 6 heteroatoms. The molecule has 5 nitrogen and oxygen atoms in total. The number of aromatic amines is 2. The molecule has 1 aliphatic carbocycles. The topological polar surface area (TPSA) is 77.8 Å². The number of hydrogen-bond acceptors (Lipinski definition) is 4. The van der Waals surface area contributed by atoms with Crippen LogP contribution in [-0.4, -0.2) is 16.0 Å². The number of rotatable bonds is 1. The number of aromatic nitrogens is 2. The van der Waals surface area contributed by atoms with Crippen LogP contribution in [-0.2, 0) is 4.79 Å². The van der Waals surface area contributed by atoms with E-state index in [-0.39, 0.29) is 22.7 Å². The van der Waals surface area contributed by atoms with Crippen LogP contribution in [0.5, 0.6) is 0 Å². The molecule has 2 aromatic rings. The molecule has 2 aliphatic rings. The summed E-state index contributed by atoms with van der Waals surface area (Å²) in [5.41, 5.74) is 2.11. The van der Waals surface area contributed by atoms with E-state index in [2.05, 4.69) is 29.4 Å². The van der Waals surface area contributed by atoms with E-state index in [4.69, 9.17) is 0 Å². The fourth-order valence-corrected chi connectivity index (χ4v) is 4.40. The minimum absolute atomic E-state index is 0.0585. The van der Waals surface area contributed by atoms with Gasteiger partial charge in [-0.25, -0.2) is 0 Å². The van der Waals surface area contributed by atoms with E-state index in [1.165, 1.54) is 0 Å². The zero-order valence-corrected chi connectivity index (χ0v) is 13.3. The third kappa shape index (κ3) is 1.90. The summed E-state index contributed by atoms with van der Waals surface area (Å²) in [7, 11) is 0. The maximum absolute atomic E-state index is 12.8. The van der Waals surface area contributed by atoms with Crippen molar-refractivity contribution in [3.63, 3.8) is 0 Å². The molecule has 114 valence electrons. The van der Waals surface area contributed by atoms with Gasteiger partial charge in [-0.3, -0.25) is 19.8 Å². The van der Waals surface area contributed by atoms with Gasteiger partial charge in [0, 0.05) is 22.6 Å². The predicted molar refractivity (Wildman–Crippen MR) is 86.2 cm³/mol. The second-order valence-corrected chi connectivity index (χ2v) is 7.75. The summed E-state index contributed by atoms with van der Waals surface area (Å²) in [6, 6.07) is 3.95. The Morgan fingerprint density at radius 3 is 2.77 bits per heavy atom. The van der Waals surface area contributed by atoms with E-state index in [9.17, 15) is 9.59 Å². The highest BCUT2D eigenvalue weighted by Gasteiger charge is 2.42. The predicted octanol–water partition coefficient (Wildman–Crippen LogP) is 2.97. The Hall–Kier alpha value is -2.08. The van der Waals surface area contributed by atoms with E-state index in [0.29, 0.717) is 17.8 Å². The van der Waals surface area contributed by atoms with Crippen molar-refractivity contribution in [2.45, 2.75) is 32.6 Å². The standard InChI is InChI=1S/C16H17N3O2S/c1-16(2)6-8-11(9(20)7-16)12(10-4-3-5-22-10)13-14(17-8)18-19-15(13)21/h3-5,12H,6-7H2,1-2H3,(H3,17,18,19,21)/t12-/m0/s1. The summed E-state index contributed by atoms with van der Waals surface area (Å²) in [5, 5.41) is 10.8. The largest absolute Gasteiger partial charge is 0.343 e. The summed E-state index contributed by atoms with van der Waals surface area (Å²) in [6.07, 6.45) is 1.33. The van der Waals surface area contributed by atoms with Gasteiger partial charge < -0.3 is 5.32 Å². The van der Waals surface area contributed by atoms with Crippen molar-refractivity contribution >= 4 is 22.9 Å². The fraction of sp³-hybridized carbons (Fsp3) is 0.375. The van der Waals surface area contributed by atoms with E-state index in [1.807, 2.05) is 17.5 Å². The number of thiophene rings is 1. The van der Waals surface area contributed by atoms with E-state index in [1.54, 1.807) is 11.3 Å². The lowest BCUT2D eigenvalue weighted by Gasteiger charge is -2.37. The number of allylic oxidation sites excluding steroid dienone is 2. The molecule has 4 rings (SSSR count). The average molecular weight is 315 g/mol. The van der Waals surface area contributed by atoms with Crippen LogP contribution in [0.4, 0.5) is 5.82 Å². The molecule has 3 N–H and O–H groups in total. The van der Waals surface area contributed by atoms with Gasteiger partial charge in [-0.05, 0) is 23.3 Å². The van der Waals surface area contributed by atoms with Gasteiger partial charge in [-0.2, -0.15) is 0 Å². The molecule has 0 saturated heterocycles. The smallest absolute Gasteiger partial charge is 0.270 e. The fourth-order valence-electron chi connectivity index (χ4n) is 3.56. The molecule has 1 atom stereocenters. The Morgan fingerprint density at radius 1 is 1.23 bits per heavy atom. The molecule has 22 heavy (non-hydrogen) atoms. The molecule has 0 fully saturated rings. The monoisotopic (exact) mass is 315 g/mol. The van der Waals surface area contributed by atoms with Gasteiger partial charge in [0.25, 0.3) is 5.56 Å². The van der Waals surface area contributed by atoms with Crippen molar-refractivity contribution in [1.82, 2.24) is 10.2 Å². The van der Waals surface area contributed by atoms with Crippen molar-refractivity contribution < 1.29 is 4.79 Å². The summed E-state index contributed by atoms with van der Waals surface area (Å²) < 4.78 is 0. The van der Waals surface area contributed by atoms with Crippen LogP contribution in [0.1, 0.15) is 43.0 Å². The Labute approximate surface area is 131 Å². The lowest BCUT2D eigenvalue weighted by molar-refractivity contribution is -0.118. The molecule has 0 spiro atoms. The maximum Gasteiger partial charge on any atom is 0.270 e. The zero-order chi connectivity index (χ0) is 15.5. The number of ketones is 1. The number of H-pyrrole nitrogens is 2. The van der Waals surface area contributed by atoms with Gasteiger partial charge in [0.15, 0.2) is 5.78 Å². The summed E-state index contributed by atoms with van der Waals surface area (Å²) in [5.74, 6) is 0.570. The number of hydrogen-bond donors (Lipinski definition) is 3. The van der Waals surface area contributed by atoms with Crippen LogP contribution >= 0.6 is 11.3 Å². The van der Waals surface area contributed by atoms with Crippen LogP contribution in [0.15, 0.2) is 33.6 Å². The molecule has 3 heterocycles. The molecular formula is C16H17N3O2S. The highest BCUT2D eigenvalue weighted by molar-refractivity contribution is 7.10. The number of carbonyl (C=O) groups excluding carboxylic acids is 1. The normalized spacial score (nSPS) is 23.0. The molecule has 0 amide bonds. The van der Waals surface area contributed by atoms with E-state index >= 15 is 0 Å². The Kier molecular flexibility index (Phi) is 2.75. The van der Waals surface area contributed by atoms with Crippen molar-refractivity contribution in [3.8, 4) is 0 Å². The quantitative estimate of drug-likeness (QED) is 0.757. The zero-order valence-electron chi connectivity index (χ0n) is 12.4. The van der Waals surface area contributed by atoms with Crippen LogP contribution in [0.2, 0.25) is 0 Å². The third-order valence-corrected chi connectivity index (χ3v) is 5.35. The number of anilines is 1. The second-order valence-electron chi connectivity index (χ2n) is 6.77. The lowest BCUT2D eigenvalue weighted by Crippen LogP contribution is -2.34. The van der Waals surface area contributed by atoms with Gasteiger partial charge >= 0.3 is 0 Å². The number of carbonyl (C=O) groups is 1. The van der Waals surface area contributed by atoms with Gasteiger partial charge in [-0.1, -0.05) is 19.9 Å². The Bertz CT molecular complexity index is 839. The van der Waals surface area contributed by atoms with Gasteiger partial charge in [0.1, 0.15) is 5.82 Å². The molecular weight excluding hydrogens is 298 g/mol. The van der Waals surface area contributed by atoms with Gasteiger partial charge in [-0.15, -0.1) is 11.3 Å². The van der Waals surface area contributed by atoms with Crippen molar-refractivity contribution in [1.29, 1.82) is 0 Å². The lowest BCUT2D eigenvalue weighted by atomic mass is 9.70. The van der Waals surface area contributed by atoms with Crippen molar-refractivity contribution in [2.24, 2.45) is 5.41 Å². The van der Waals surface area contributed by atoms with E-state index < -0.39 is 0 Å². The van der Waals surface area contributed by atoms with E-state index in [0.717, 1.165) is 22.6 Å². The summed E-state index contributed by atoms with van der Waals surface area (Å²) in [6.45, 7) is 4.21. The summed E-state index contributed by atoms with van der Waals surface area (Å²) in [4.78, 5) is 26.0. The maximum atomic E-state index is 12.8. The third-order valence-electron chi connectivity index (χ3n) is 4.42. The highest BCUT2D eigenvalue weighted by Crippen LogP contribution is 2.48. The molecule has 0 bridgehead atoms. The average Bonchev–Trinajstić information content (AvgIpc) is 3.05. The molecule has 2 aromatic heterocycles. The van der Waals surface area contributed by atoms with Crippen molar-refractivity contribution in [2.75, 3.05) is 5.32 Å². The SMILES string of the molecule is CC1(C)CC(=O)C2=C(C1)Nc1[nH][nH]c(=O)c1[C@H]2c1cccs1. The molecule has 0 aromatic carbocycles. The Morgan fingerprint density at radius 2 is 2.05 bits per heavy atom. The molecule has 0 radical (unpaired) electrons. The minimum Gasteiger partial charge on any atom is -0.343 e. The van der Waals surface area contributed by atoms with Crippen molar-refractivity contribution in [3.05, 3.63) is 49.6 Å². The molecule has 0 unspecified atom stereocenters. The molecule has 0 saturated carbocycles. The first-order chi connectivity index (χ1) is 10.5. The minimum atomic E-state index is -0.259. The second kappa shape index (κ2) is 4.46. The van der Waals surface area contributed by atoms with Gasteiger partial charge in [0.2, 0.25) is 0 Å². The highest BCUT2D eigenvalue weighted by atomic mass is 32.1. The van der Waals surface area contributed by atoms with Crippen LogP contribution in [0, 0.1) is 5.41 Å². The van der Waals surface area contributed by atoms with Crippen LogP contribution in [0.25, 0.3) is 0 Å². The Balaban J connectivity index is 1.96. The van der Waals surface area contributed by atoms with Crippen LogP contribution < -0.4 is 10.9 Å². The molecule has 1 aliphatic heterocycles. The van der Waals surface area contributed by atoms with Crippen LogP contribution in [0.3, 0.4) is 0 Å². The number of nitrogens with one attached hydrogen (secondary N) is 3. The first kappa shape index (κ1) is 13.6. The number of Topliss-reactive ketones (excluding diaryl/α,β-unsaturated/α-hetero) is 1. The first-order valence-corrected chi connectivity index (χ1v) is 8.21. The number of fused-ring (bicyclic) bond motifs is 1. The first-order valence-electron chi connectivity index (χ1n) is 7.33.